The van der Waals surface area contributed by atoms with Crippen LogP contribution < -0.4 is 5.84 Å². The van der Waals surface area contributed by atoms with E-state index >= 15 is 0 Å². The summed E-state index contributed by atoms with van der Waals surface area (Å²) in [7, 11) is 0. The minimum atomic E-state index is -0.917. The first-order valence-electron chi connectivity index (χ1n) is 7.44. The molecule has 0 amide bonds. The van der Waals surface area contributed by atoms with Crippen LogP contribution in [0.4, 0.5) is 0 Å². The standard InChI is InChI=1S/C20H16N2O2/c21-22-13-16-6-10-18-11-15(5-9-19(18)12-16)2-1-14-3-7-17(8-4-14)20(23)24/h1-13H,21H2,(H,23,24)/b2-1+,22-13?. The number of hydrogen-bond acceptors (Lipinski definition) is 3. The summed E-state index contributed by atoms with van der Waals surface area (Å²) in [5.74, 6) is 4.26. The molecular weight excluding hydrogens is 300 g/mol. The lowest BCUT2D eigenvalue weighted by Gasteiger charge is -2.02. The van der Waals surface area contributed by atoms with Crippen LogP contribution in [0.5, 0.6) is 0 Å². The van der Waals surface area contributed by atoms with Crippen molar-refractivity contribution in [1.29, 1.82) is 0 Å². The number of carboxylic acids is 1. The van der Waals surface area contributed by atoms with Crippen LogP contribution in [0, 0.1) is 0 Å². The minimum Gasteiger partial charge on any atom is -0.478 e. The van der Waals surface area contributed by atoms with Gasteiger partial charge in [0, 0.05) is 0 Å². The Bertz CT molecular complexity index is 942. The summed E-state index contributed by atoms with van der Waals surface area (Å²) < 4.78 is 0. The van der Waals surface area contributed by atoms with E-state index in [1.165, 1.54) is 0 Å². The van der Waals surface area contributed by atoms with Crippen LogP contribution in [-0.4, -0.2) is 17.3 Å². The zero-order valence-corrected chi connectivity index (χ0v) is 12.9. The van der Waals surface area contributed by atoms with E-state index in [1.54, 1.807) is 30.5 Å². The molecule has 0 aliphatic carbocycles. The van der Waals surface area contributed by atoms with Gasteiger partial charge in [0.25, 0.3) is 0 Å². The van der Waals surface area contributed by atoms with Gasteiger partial charge in [-0.15, -0.1) is 0 Å². The van der Waals surface area contributed by atoms with E-state index in [4.69, 9.17) is 10.9 Å². The van der Waals surface area contributed by atoms with Crippen molar-refractivity contribution >= 4 is 35.1 Å². The van der Waals surface area contributed by atoms with Crippen molar-refractivity contribution < 1.29 is 9.90 Å². The lowest BCUT2D eigenvalue weighted by atomic mass is 10.0. The van der Waals surface area contributed by atoms with Crippen molar-refractivity contribution in [3.63, 3.8) is 0 Å². The van der Waals surface area contributed by atoms with Crippen molar-refractivity contribution in [1.82, 2.24) is 0 Å². The second-order valence-electron chi connectivity index (χ2n) is 5.40. The second kappa shape index (κ2) is 6.79. The number of fused-ring (bicyclic) bond motifs is 1. The average Bonchev–Trinajstić information content (AvgIpc) is 2.60. The molecule has 3 aromatic carbocycles. The zero-order valence-electron chi connectivity index (χ0n) is 12.9. The van der Waals surface area contributed by atoms with Gasteiger partial charge in [-0.25, -0.2) is 4.79 Å². The van der Waals surface area contributed by atoms with Gasteiger partial charge in [0.05, 0.1) is 11.8 Å². The van der Waals surface area contributed by atoms with E-state index in [0.717, 1.165) is 27.5 Å². The fourth-order valence-electron chi connectivity index (χ4n) is 2.48. The van der Waals surface area contributed by atoms with E-state index in [9.17, 15) is 4.79 Å². The fourth-order valence-corrected chi connectivity index (χ4v) is 2.48. The molecule has 0 unspecified atom stereocenters. The molecule has 24 heavy (non-hydrogen) atoms. The third-order valence-electron chi connectivity index (χ3n) is 3.74. The highest BCUT2D eigenvalue weighted by atomic mass is 16.4. The number of nitrogens with zero attached hydrogens (tertiary/aromatic N) is 1. The van der Waals surface area contributed by atoms with Gasteiger partial charge in [-0.3, -0.25) is 0 Å². The number of nitrogens with two attached hydrogens (primary N) is 1. The average molecular weight is 316 g/mol. The first kappa shape index (κ1) is 15.5. The lowest BCUT2D eigenvalue weighted by molar-refractivity contribution is 0.0697. The predicted octanol–water partition coefficient (Wildman–Crippen LogP) is 4.00. The number of hydrazone groups is 1. The van der Waals surface area contributed by atoms with E-state index < -0.39 is 5.97 Å². The van der Waals surface area contributed by atoms with Crippen molar-refractivity contribution in [2.75, 3.05) is 0 Å². The van der Waals surface area contributed by atoms with E-state index in [-0.39, 0.29) is 5.56 Å². The van der Waals surface area contributed by atoms with Gasteiger partial charge in [-0.2, -0.15) is 5.10 Å². The number of aromatic carboxylic acids is 1. The maximum Gasteiger partial charge on any atom is 0.335 e. The summed E-state index contributed by atoms with van der Waals surface area (Å²) in [6.45, 7) is 0. The van der Waals surface area contributed by atoms with Crippen LogP contribution in [0.3, 0.4) is 0 Å². The zero-order chi connectivity index (χ0) is 16.9. The summed E-state index contributed by atoms with van der Waals surface area (Å²) in [4.78, 5) is 10.8. The summed E-state index contributed by atoms with van der Waals surface area (Å²) in [5.41, 5.74) is 3.28. The smallest absolute Gasteiger partial charge is 0.335 e. The molecule has 118 valence electrons. The Kier molecular flexibility index (Phi) is 4.38. The molecule has 0 aliphatic rings. The molecule has 4 nitrogen and oxygen atoms in total. The number of benzene rings is 3. The monoisotopic (exact) mass is 316 g/mol. The highest BCUT2D eigenvalue weighted by Crippen LogP contribution is 2.19. The Morgan fingerprint density at radius 2 is 1.38 bits per heavy atom. The minimum absolute atomic E-state index is 0.287. The molecule has 3 aromatic rings. The summed E-state index contributed by atoms with van der Waals surface area (Å²) in [5, 5.41) is 14.7. The molecule has 0 saturated carbocycles. The molecule has 0 spiro atoms. The van der Waals surface area contributed by atoms with Crippen molar-refractivity contribution in [2.24, 2.45) is 10.9 Å². The van der Waals surface area contributed by atoms with Gasteiger partial charge in [-0.05, 0) is 51.7 Å². The van der Waals surface area contributed by atoms with Crippen molar-refractivity contribution in [3.05, 3.63) is 82.9 Å². The van der Waals surface area contributed by atoms with Gasteiger partial charge in [-0.1, -0.05) is 48.6 Å². The number of carbonyl (C=O) groups is 1. The van der Waals surface area contributed by atoms with Gasteiger partial charge in [0.2, 0.25) is 0 Å². The maximum absolute atomic E-state index is 10.8. The fraction of sp³-hybridized carbons (Fsp3) is 0. The molecule has 0 atom stereocenters. The van der Waals surface area contributed by atoms with Crippen LogP contribution in [-0.2, 0) is 0 Å². The predicted molar refractivity (Wildman–Crippen MR) is 98.1 cm³/mol. The molecule has 0 aromatic heterocycles. The van der Waals surface area contributed by atoms with E-state index in [0.29, 0.717) is 0 Å². The Labute approximate surface area is 139 Å². The van der Waals surface area contributed by atoms with Crippen molar-refractivity contribution in [3.8, 4) is 0 Å². The summed E-state index contributed by atoms with van der Waals surface area (Å²) >= 11 is 0. The van der Waals surface area contributed by atoms with Crippen LogP contribution in [0.2, 0.25) is 0 Å². The molecular formula is C20H16N2O2. The maximum atomic E-state index is 10.8. The Morgan fingerprint density at radius 1 is 0.833 bits per heavy atom. The largest absolute Gasteiger partial charge is 0.478 e. The SMILES string of the molecule is NN=Cc1ccc2cc(/C=C/c3ccc(C(=O)O)cc3)ccc2c1. The molecule has 3 N–H and O–H groups in total. The number of carboxylic acid groups (broad SMARTS) is 1. The van der Waals surface area contributed by atoms with E-state index in [2.05, 4.69) is 17.2 Å². The van der Waals surface area contributed by atoms with Gasteiger partial charge >= 0.3 is 5.97 Å². The molecule has 4 heteroatoms. The third-order valence-corrected chi connectivity index (χ3v) is 3.74. The first-order valence-corrected chi connectivity index (χ1v) is 7.44. The Morgan fingerprint density at radius 3 is 2.00 bits per heavy atom. The van der Waals surface area contributed by atoms with Crippen LogP contribution in [0.25, 0.3) is 22.9 Å². The molecule has 0 bridgehead atoms. The molecule has 3 rings (SSSR count). The Balaban J connectivity index is 1.84. The van der Waals surface area contributed by atoms with Gasteiger partial charge in [0.1, 0.15) is 0 Å². The van der Waals surface area contributed by atoms with Crippen LogP contribution in [0.1, 0.15) is 27.0 Å². The Hall–Kier alpha value is -3.40. The van der Waals surface area contributed by atoms with Crippen LogP contribution >= 0.6 is 0 Å². The van der Waals surface area contributed by atoms with Crippen LogP contribution in [0.15, 0.2) is 65.8 Å². The number of rotatable bonds is 4. The molecule has 0 radical (unpaired) electrons. The van der Waals surface area contributed by atoms with E-state index in [1.807, 2.05) is 36.4 Å². The normalized spacial score (nSPS) is 11.5. The molecule has 0 heterocycles. The highest BCUT2D eigenvalue weighted by Gasteiger charge is 2.00. The summed E-state index contributed by atoms with van der Waals surface area (Å²) in [6, 6.07) is 19.0. The topological polar surface area (TPSA) is 75.7 Å². The number of hydrogen-bond donors (Lipinski definition) is 2. The first-order chi connectivity index (χ1) is 11.7. The molecule has 0 fully saturated rings. The molecule has 0 saturated heterocycles. The molecule has 0 aliphatic heterocycles. The van der Waals surface area contributed by atoms with Crippen molar-refractivity contribution in [2.45, 2.75) is 0 Å². The highest BCUT2D eigenvalue weighted by molar-refractivity contribution is 5.92. The lowest BCUT2D eigenvalue weighted by Crippen LogP contribution is -1.94. The second-order valence-corrected chi connectivity index (χ2v) is 5.40. The quantitative estimate of drug-likeness (QED) is 0.330. The van der Waals surface area contributed by atoms with Gasteiger partial charge < -0.3 is 10.9 Å². The summed E-state index contributed by atoms with van der Waals surface area (Å²) in [6.07, 6.45) is 5.58. The van der Waals surface area contributed by atoms with Gasteiger partial charge in [0.15, 0.2) is 0 Å². The third kappa shape index (κ3) is 3.50.